The molecule has 0 aromatic carbocycles. The summed E-state index contributed by atoms with van der Waals surface area (Å²) in [4.78, 5) is 47.3. The van der Waals surface area contributed by atoms with E-state index in [1.165, 1.54) is 12.8 Å². The molecule has 0 radical (unpaired) electrons. The summed E-state index contributed by atoms with van der Waals surface area (Å²) in [5.41, 5.74) is 0.819. The summed E-state index contributed by atoms with van der Waals surface area (Å²) in [6, 6.07) is 5.96. The van der Waals surface area contributed by atoms with Crippen LogP contribution in [0, 0.1) is 5.92 Å². The molecule has 0 bridgehead atoms. The lowest BCUT2D eigenvalue weighted by atomic mass is 10.1. The Morgan fingerprint density at radius 3 is 2.63 bits per heavy atom. The van der Waals surface area contributed by atoms with Gasteiger partial charge in [-0.3, -0.25) is 19.4 Å². The van der Waals surface area contributed by atoms with Gasteiger partial charge < -0.3 is 14.7 Å². The van der Waals surface area contributed by atoms with Crippen LogP contribution < -0.4 is 0 Å². The molecule has 27 heavy (non-hydrogen) atoms. The molecule has 3 aliphatic rings. The monoisotopic (exact) mass is 370 g/mol. The van der Waals surface area contributed by atoms with Crippen molar-refractivity contribution < 1.29 is 14.4 Å². The molecular weight excluding hydrogens is 344 g/mol. The number of rotatable bonds is 4. The Bertz CT molecular complexity index is 717. The molecule has 2 aliphatic heterocycles. The molecule has 1 aromatic rings. The Kier molecular flexibility index (Phi) is 5.09. The molecule has 0 unspecified atom stereocenters. The quantitative estimate of drug-likeness (QED) is 0.794. The lowest BCUT2D eigenvalue weighted by Crippen LogP contribution is -2.56. The summed E-state index contributed by atoms with van der Waals surface area (Å²) in [6.07, 6.45) is 6.47. The van der Waals surface area contributed by atoms with Gasteiger partial charge in [-0.1, -0.05) is 18.9 Å². The third-order valence-electron chi connectivity index (χ3n) is 5.98. The maximum absolute atomic E-state index is 12.9. The van der Waals surface area contributed by atoms with Gasteiger partial charge in [0.15, 0.2) is 0 Å². The van der Waals surface area contributed by atoms with Crippen LogP contribution in [0.25, 0.3) is 0 Å². The molecule has 1 aromatic heterocycles. The zero-order valence-electron chi connectivity index (χ0n) is 15.5. The van der Waals surface area contributed by atoms with Gasteiger partial charge in [0.05, 0.1) is 24.7 Å². The van der Waals surface area contributed by atoms with Gasteiger partial charge >= 0.3 is 0 Å². The van der Waals surface area contributed by atoms with Gasteiger partial charge in [0.1, 0.15) is 0 Å². The van der Waals surface area contributed by atoms with Crippen molar-refractivity contribution in [2.75, 3.05) is 26.2 Å². The van der Waals surface area contributed by atoms with E-state index in [9.17, 15) is 14.4 Å². The summed E-state index contributed by atoms with van der Waals surface area (Å²) in [6.45, 7) is 2.18. The fourth-order valence-corrected chi connectivity index (χ4v) is 4.51. The molecule has 0 N–H and O–H groups in total. The summed E-state index contributed by atoms with van der Waals surface area (Å²) >= 11 is 0. The van der Waals surface area contributed by atoms with Gasteiger partial charge in [0.2, 0.25) is 17.7 Å². The average molecular weight is 370 g/mol. The smallest absolute Gasteiger partial charge is 0.242 e. The highest BCUT2D eigenvalue weighted by molar-refractivity contribution is 5.92. The zero-order chi connectivity index (χ0) is 18.8. The Balaban J connectivity index is 1.33. The van der Waals surface area contributed by atoms with E-state index in [1.54, 1.807) is 16.0 Å². The summed E-state index contributed by atoms with van der Waals surface area (Å²) in [5, 5.41) is 0. The van der Waals surface area contributed by atoms with E-state index < -0.39 is 0 Å². The first-order chi connectivity index (χ1) is 13.1. The normalized spacial score (nSPS) is 24.1. The zero-order valence-corrected chi connectivity index (χ0v) is 15.5. The van der Waals surface area contributed by atoms with E-state index >= 15 is 0 Å². The van der Waals surface area contributed by atoms with E-state index in [1.807, 2.05) is 23.1 Å². The Labute approximate surface area is 159 Å². The highest BCUT2D eigenvalue weighted by Gasteiger charge is 2.39. The number of pyridine rings is 1. The van der Waals surface area contributed by atoms with Crippen LogP contribution >= 0.6 is 0 Å². The van der Waals surface area contributed by atoms with E-state index in [2.05, 4.69) is 4.98 Å². The first kappa shape index (κ1) is 17.9. The van der Waals surface area contributed by atoms with Crippen LogP contribution in [0.1, 0.15) is 37.8 Å². The average Bonchev–Trinajstić information content (AvgIpc) is 3.32. The number of aromatic nitrogens is 1. The van der Waals surface area contributed by atoms with Crippen molar-refractivity contribution in [3.8, 4) is 0 Å². The van der Waals surface area contributed by atoms with Crippen LogP contribution in [0.2, 0.25) is 0 Å². The molecule has 4 rings (SSSR count). The van der Waals surface area contributed by atoms with Crippen molar-refractivity contribution in [1.82, 2.24) is 19.7 Å². The van der Waals surface area contributed by atoms with Crippen LogP contribution in [0.4, 0.5) is 0 Å². The third kappa shape index (κ3) is 3.82. The third-order valence-corrected chi connectivity index (χ3v) is 5.98. The number of piperazine rings is 1. The summed E-state index contributed by atoms with van der Waals surface area (Å²) in [5.74, 6) is -0.385. The number of likely N-dealkylation sites (tertiary alicyclic amines) is 1. The number of amides is 3. The van der Waals surface area contributed by atoms with E-state index in [-0.39, 0.29) is 36.6 Å². The standard InChI is InChI=1S/C20H26N4O3/c25-18-11-15(12-23(18)13-16-5-3-4-8-21-16)20(27)22-9-10-24(19(26)14-22)17-6-1-2-7-17/h3-5,8,15,17H,1-2,6-7,9-14H2/t15-/m1/s1. The van der Waals surface area contributed by atoms with Gasteiger partial charge in [0, 0.05) is 38.3 Å². The number of carbonyl (C=O) groups excluding carboxylic acids is 3. The second kappa shape index (κ2) is 7.66. The van der Waals surface area contributed by atoms with Crippen molar-refractivity contribution >= 4 is 17.7 Å². The Hall–Kier alpha value is -2.44. The molecule has 2 saturated heterocycles. The Morgan fingerprint density at radius 2 is 1.93 bits per heavy atom. The van der Waals surface area contributed by atoms with Crippen molar-refractivity contribution in [2.24, 2.45) is 5.92 Å². The molecule has 3 fully saturated rings. The summed E-state index contributed by atoms with van der Waals surface area (Å²) in [7, 11) is 0. The molecule has 7 nitrogen and oxygen atoms in total. The molecule has 0 spiro atoms. The number of hydrogen-bond acceptors (Lipinski definition) is 4. The predicted octanol–water partition coefficient (Wildman–Crippen LogP) is 1.04. The second-order valence-corrected chi connectivity index (χ2v) is 7.78. The topological polar surface area (TPSA) is 73.8 Å². The number of carbonyl (C=O) groups is 3. The molecule has 1 atom stereocenters. The molecule has 144 valence electrons. The molecule has 7 heteroatoms. The van der Waals surface area contributed by atoms with Crippen LogP contribution in [-0.4, -0.2) is 69.6 Å². The highest BCUT2D eigenvalue weighted by atomic mass is 16.2. The minimum Gasteiger partial charge on any atom is -0.336 e. The van der Waals surface area contributed by atoms with Crippen LogP contribution in [0.3, 0.4) is 0 Å². The van der Waals surface area contributed by atoms with Gasteiger partial charge in [0.25, 0.3) is 0 Å². The fraction of sp³-hybridized carbons (Fsp3) is 0.600. The largest absolute Gasteiger partial charge is 0.336 e. The maximum atomic E-state index is 12.9. The summed E-state index contributed by atoms with van der Waals surface area (Å²) < 4.78 is 0. The van der Waals surface area contributed by atoms with Crippen molar-refractivity contribution in [1.29, 1.82) is 0 Å². The van der Waals surface area contributed by atoms with Crippen molar-refractivity contribution in [3.63, 3.8) is 0 Å². The number of nitrogens with zero attached hydrogens (tertiary/aromatic N) is 4. The first-order valence-electron chi connectivity index (χ1n) is 9.88. The van der Waals surface area contributed by atoms with Crippen LogP contribution in [0.5, 0.6) is 0 Å². The minimum absolute atomic E-state index is 0.0186. The van der Waals surface area contributed by atoms with Crippen molar-refractivity contribution in [2.45, 2.75) is 44.7 Å². The molecule has 1 saturated carbocycles. The lowest BCUT2D eigenvalue weighted by Gasteiger charge is -2.38. The van der Waals surface area contributed by atoms with Gasteiger partial charge in [-0.2, -0.15) is 0 Å². The van der Waals surface area contributed by atoms with Gasteiger partial charge in [-0.25, -0.2) is 0 Å². The SMILES string of the molecule is O=C1C[C@@H](C(=O)N2CCN(C3CCCC3)C(=O)C2)CN1Cc1ccccn1. The van der Waals surface area contributed by atoms with E-state index in [0.717, 1.165) is 18.5 Å². The molecular formula is C20H26N4O3. The predicted molar refractivity (Wildman–Crippen MR) is 98.3 cm³/mol. The lowest BCUT2D eigenvalue weighted by molar-refractivity contribution is -0.149. The molecule has 3 amide bonds. The van der Waals surface area contributed by atoms with E-state index in [0.29, 0.717) is 32.2 Å². The van der Waals surface area contributed by atoms with Crippen LogP contribution in [0.15, 0.2) is 24.4 Å². The highest BCUT2D eigenvalue weighted by Crippen LogP contribution is 2.26. The van der Waals surface area contributed by atoms with Crippen LogP contribution in [-0.2, 0) is 20.9 Å². The van der Waals surface area contributed by atoms with Crippen molar-refractivity contribution in [3.05, 3.63) is 30.1 Å². The number of hydrogen-bond donors (Lipinski definition) is 0. The van der Waals surface area contributed by atoms with Gasteiger partial charge in [-0.15, -0.1) is 0 Å². The second-order valence-electron chi connectivity index (χ2n) is 7.78. The first-order valence-corrected chi connectivity index (χ1v) is 9.88. The molecule has 3 heterocycles. The Morgan fingerprint density at radius 1 is 1.11 bits per heavy atom. The van der Waals surface area contributed by atoms with Gasteiger partial charge in [-0.05, 0) is 25.0 Å². The maximum Gasteiger partial charge on any atom is 0.242 e. The fourth-order valence-electron chi connectivity index (χ4n) is 4.51. The minimum atomic E-state index is -0.355. The van der Waals surface area contributed by atoms with E-state index in [4.69, 9.17) is 0 Å². The molecule has 1 aliphatic carbocycles.